The lowest BCUT2D eigenvalue weighted by atomic mass is 9.71. The van der Waals surface area contributed by atoms with Crippen LogP contribution in [0.3, 0.4) is 0 Å². The van der Waals surface area contributed by atoms with Crippen LogP contribution >= 0.6 is 0 Å². The summed E-state index contributed by atoms with van der Waals surface area (Å²) >= 11 is 0. The van der Waals surface area contributed by atoms with E-state index in [9.17, 15) is 14.9 Å². The first-order valence-electron chi connectivity index (χ1n) is 9.79. The SMILES string of the molecule is CCc1cc2c3c(c1)C1(C(=O)N3C(C)(C)C=C2C)C(C#N)=C(N)Oc2[nH]c(=O)[nH]c21. The van der Waals surface area contributed by atoms with E-state index in [1.54, 1.807) is 4.90 Å². The van der Waals surface area contributed by atoms with E-state index in [0.29, 0.717) is 5.56 Å². The minimum absolute atomic E-state index is 0.0199. The third kappa shape index (κ3) is 1.90. The van der Waals surface area contributed by atoms with Gasteiger partial charge in [-0.3, -0.25) is 9.78 Å². The highest BCUT2D eigenvalue weighted by atomic mass is 16.5. The number of fused-ring (bicyclic) bond motifs is 3. The van der Waals surface area contributed by atoms with E-state index in [-0.39, 0.29) is 28.9 Å². The average Bonchev–Trinajstić information content (AvgIpc) is 3.16. The third-order valence-electron chi connectivity index (χ3n) is 6.31. The monoisotopic (exact) mass is 403 g/mol. The summed E-state index contributed by atoms with van der Waals surface area (Å²) in [7, 11) is 0. The molecule has 0 saturated heterocycles. The molecule has 8 heteroatoms. The van der Waals surface area contributed by atoms with Gasteiger partial charge in [0.1, 0.15) is 17.3 Å². The number of ether oxygens (including phenoxy) is 1. The Kier molecular flexibility index (Phi) is 3.32. The molecule has 5 rings (SSSR count). The fourth-order valence-corrected chi connectivity index (χ4v) is 5.13. The smallest absolute Gasteiger partial charge is 0.326 e. The van der Waals surface area contributed by atoms with Crippen LogP contribution in [0.2, 0.25) is 0 Å². The van der Waals surface area contributed by atoms with Crippen LogP contribution in [-0.4, -0.2) is 21.4 Å². The normalized spacial score (nSPS) is 23.1. The molecule has 4 heterocycles. The van der Waals surface area contributed by atoms with Gasteiger partial charge >= 0.3 is 5.69 Å². The molecule has 0 bridgehead atoms. The molecule has 0 radical (unpaired) electrons. The molecule has 30 heavy (non-hydrogen) atoms. The lowest BCUT2D eigenvalue weighted by Gasteiger charge is -2.40. The Morgan fingerprint density at radius 2 is 2.00 bits per heavy atom. The van der Waals surface area contributed by atoms with E-state index < -0.39 is 16.6 Å². The van der Waals surface area contributed by atoms with Gasteiger partial charge in [0.2, 0.25) is 17.7 Å². The number of benzene rings is 1. The van der Waals surface area contributed by atoms with Crippen molar-refractivity contribution < 1.29 is 9.53 Å². The summed E-state index contributed by atoms with van der Waals surface area (Å²) in [6.45, 7) is 7.96. The number of aromatic amines is 2. The molecule has 3 aliphatic heterocycles. The van der Waals surface area contributed by atoms with Crippen molar-refractivity contribution in [2.24, 2.45) is 5.73 Å². The number of nitrogens with one attached hydrogen (secondary N) is 2. The summed E-state index contributed by atoms with van der Waals surface area (Å²) in [4.78, 5) is 33.4. The fraction of sp³-hybridized carbons (Fsp3) is 0.318. The van der Waals surface area contributed by atoms with Crippen molar-refractivity contribution in [3.8, 4) is 11.9 Å². The van der Waals surface area contributed by atoms with Crippen LogP contribution in [-0.2, 0) is 16.6 Å². The molecule has 1 amide bonds. The molecular weight excluding hydrogens is 382 g/mol. The number of allylic oxidation sites excluding steroid dienone is 1. The summed E-state index contributed by atoms with van der Waals surface area (Å²) in [6.07, 6.45) is 2.80. The van der Waals surface area contributed by atoms with Gasteiger partial charge < -0.3 is 20.4 Å². The molecule has 2 aromatic rings. The topological polar surface area (TPSA) is 128 Å². The van der Waals surface area contributed by atoms with Crippen molar-refractivity contribution in [2.45, 2.75) is 45.1 Å². The first kappa shape index (κ1) is 18.3. The maximum absolute atomic E-state index is 14.2. The molecule has 8 nitrogen and oxygen atoms in total. The van der Waals surface area contributed by atoms with Crippen LogP contribution in [0.4, 0.5) is 5.69 Å². The number of carbonyl (C=O) groups excluding carboxylic acids is 1. The third-order valence-corrected chi connectivity index (χ3v) is 6.31. The number of nitrogens with zero attached hydrogens (tertiary/aromatic N) is 2. The molecule has 152 valence electrons. The molecule has 1 aromatic carbocycles. The van der Waals surface area contributed by atoms with E-state index in [0.717, 1.165) is 28.8 Å². The van der Waals surface area contributed by atoms with Crippen molar-refractivity contribution in [3.63, 3.8) is 0 Å². The molecule has 1 aromatic heterocycles. The minimum atomic E-state index is -1.57. The summed E-state index contributed by atoms with van der Waals surface area (Å²) in [5.74, 6) is -0.463. The standard InChI is InChI=1S/C22H21N5O3/c1-5-11-6-12-10(2)8-21(3,4)27-15(12)13(7-11)22(19(27)28)14(9-23)17(24)30-18-16(22)25-20(29)26-18/h6-8H,5,24H2,1-4H3,(H2,25,26,29). The Hall–Kier alpha value is -3.73. The number of carbonyl (C=O) groups is 1. The van der Waals surface area contributed by atoms with Gasteiger partial charge in [0.05, 0.1) is 11.2 Å². The summed E-state index contributed by atoms with van der Waals surface area (Å²) in [5, 5.41) is 10.1. The number of amides is 1. The van der Waals surface area contributed by atoms with E-state index >= 15 is 0 Å². The molecule has 0 saturated carbocycles. The largest absolute Gasteiger partial charge is 0.422 e. The molecule has 1 unspecified atom stereocenters. The Balaban J connectivity index is 2.01. The molecule has 3 aliphatic rings. The van der Waals surface area contributed by atoms with Crippen LogP contribution in [0, 0.1) is 11.3 Å². The minimum Gasteiger partial charge on any atom is -0.422 e. The zero-order valence-corrected chi connectivity index (χ0v) is 17.1. The van der Waals surface area contributed by atoms with Crippen LogP contribution < -0.4 is 21.1 Å². The van der Waals surface area contributed by atoms with Crippen molar-refractivity contribution in [3.05, 3.63) is 62.5 Å². The number of rotatable bonds is 1. The van der Waals surface area contributed by atoms with Gasteiger partial charge in [-0.05, 0) is 44.4 Å². The second kappa shape index (κ2) is 5.45. The molecule has 0 aliphatic carbocycles. The first-order valence-corrected chi connectivity index (χ1v) is 9.79. The van der Waals surface area contributed by atoms with Crippen LogP contribution in [0.5, 0.6) is 5.88 Å². The van der Waals surface area contributed by atoms with Gasteiger partial charge in [0.25, 0.3) is 0 Å². The highest BCUT2D eigenvalue weighted by Crippen LogP contribution is 2.58. The van der Waals surface area contributed by atoms with Gasteiger partial charge in [0, 0.05) is 11.1 Å². The highest BCUT2D eigenvalue weighted by molar-refractivity contribution is 6.17. The lowest BCUT2D eigenvalue weighted by molar-refractivity contribution is -0.121. The molecule has 1 atom stereocenters. The van der Waals surface area contributed by atoms with Gasteiger partial charge in [0.15, 0.2) is 5.41 Å². The van der Waals surface area contributed by atoms with Crippen LogP contribution in [0.15, 0.2) is 34.5 Å². The van der Waals surface area contributed by atoms with Gasteiger partial charge in [-0.2, -0.15) is 5.26 Å². The van der Waals surface area contributed by atoms with E-state index in [1.165, 1.54) is 0 Å². The number of aromatic nitrogens is 2. The van der Waals surface area contributed by atoms with Crippen molar-refractivity contribution in [2.75, 3.05) is 4.90 Å². The van der Waals surface area contributed by atoms with Crippen molar-refractivity contribution in [1.82, 2.24) is 9.97 Å². The molecule has 0 fully saturated rings. The number of hydrogen-bond donors (Lipinski definition) is 3. The van der Waals surface area contributed by atoms with E-state index in [4.69, 9.17) is 10.5 Å². The number of nitriles is 1. The summed E-state index contributed by atoms with van der Waals surface area (Å²) in [6, 6.07) is 6.12. The first-order chi connectivity index (χ1) is 14.2. The number of anilines is 1. The zero-order chi connectivity index (χ0) is 21.6. The number of imidazole rings is 1. The van der Waals surface area contributed by atoms with E-state index in [2.05, 4.69) is 28.2 Å². The zero-order valence-electron chi connectivity index (χ0n) is 17.1. The number of nitrogens with two attached hydrogens (primary N) is 1. The predicted octanol–water partition coefficient (Wildman–Crippen LogP) is 2.18. The van der Waals surface area contributed by atoms with Crippen LogP contribution in [0.25, 0.3) is 5.57 Å². The fourth-order valence-electron chi connectivity index (χ4n) is 5.13. The summed E-state index contributed by atoms with van der Waals surface area (Å²) < 4.78 is 5.51. The van der Waals surface area contributed by atoms with Crippen molar-refractivity contribution >= 4 is 17.2 Å². The Morgan fingerprint density at radius 3 is 2.67 bits per heavy atom. The highest BCUT2D eigenvalue weighted by Gasteiger charge is 2.63. The molecule has 1 spiro atoms. The second-order valence-electron chi connectivity index (χ2n) is 8.50. The maximum Gasteiger partial charge on any atom is 0.326 e. The number of aryl methyl sites for hydroxylation is 1. The Labute approximate surface area is 172 Å². The summed E-state index contributed by atoms with van der Waals surface area (Å²) in [5.41, 5.74) is 7.96. The lowest BCUT2D eigenvalue weighted by Crippen LogP contribution is -2.53. The predicted molar refractivity (Wildman–Crippen MR) is 111 cm³/mol. The average molecular weight is 403 g/mol. The second-order valence-corrected chi connectivity index (χ2v) is 8.50. The van der Waals surface area contributed by atoms with Gasteiger partial charge in [-0.25, -0.2) is 4.79 Å². The maximum atomic E-state index is 14.2. The number of H-pyrrole nitrogens is 2. The van der Waals surface area contributed by atoms with E-state index in [1.807, 2.05) is 33.8 Å². The van der Waals surface area contributed by atoms with Crippen molar-refractivity contribution in [1.29, 1.82) is 5.26 Å². The number of hydrogen-bond acceptors (Lipinski definition) is 5. The van der Waals surface area contributed by atoms with Gasteiger partial charge in [-0.1, -0.05) is 19.1 Å². The molecule has 4 N–H and O–H groups in total. The molecular formula is C22H21N5O3. The van der Waals surface area contributed by atoms with Gasteiger partial charge in [-0.15, -0.1) is 0 Å². The Morgan fingerprint density at radius 1 is 1.27 bits per heavy atom. The van der Waals surface area contributed by atoms with Crippen LogP contribution in [0.1, 0.15) is 50.1 Å². The Bertz CT molecular complexity index is 1320. The quantitative estimate of drug-likeness (QED) is 0.672.